The van der Waals surface area contributed by atoms with Gasteiger partial charge >= 0.3 is 0 Å². The molecule has 168 valence electrons. The topological polar surface area (TPSA) is 123 Å². The average Bonchev–Trinajstić information content (AvgIpc) is 2.75. The van der Waals surface area contributed by atoms with E-state index in [9.17, 15) is 19.7 Å². The molecule has 32 heavy (non-hydrogen) atoms. The van der Waals surface area contributed by atoms with Crippen molar-refractivity contribution in [1.29, 1.82) is 0 Å². The monoisotopic (exact) mass is 496 g/mol. The van der Waals surface area contributed by atoms with Crippen molar-refractivity contribution in [3.8, 4) is 5.75 Å². The summed E-state index contributed by atoms with van der Waals surface area (Å²) in [7, 11) is 0. The number of rotatable bonds is 8. The van der Waals surface area contributed by atoms with Crippen LogP contribution < -0.4 is 20.9 Å². The quantitative estimate of drug-likeness (QED) is 0.167. The van der Waals surface area contributed by atoms with Crippen molar-refractivity contribution in [2.75, 3.05) is 6.61 Å². The summed E-state index contributed by atoms with van der Waals surface area (Å²) >= 11 is 16.7. The Balaban J connectivity index is 1.66. The minimum absolute atomic E-state index is 0.0888. The lowest BCUT2D eigenvalue weighted by molar-refractivity contribution is -0.384. The van der Waals surface area contributed by atoms with E-state index in [0.717, 1.165) is 6.08 Å². The molecule has 2 aromatic rings. The second-order valence-corrected chi connectivity index (χ2v) is 7.46. The number of hydrogen-bond donors (Lipinski definition) is 3. The van der Waals surface area contributed by atoms with Gasteiger partial charge in [0.2, 0.25) is 11.8 Å². The van der Waals surface area contributed by atoms with Crippen molar-refractivity contribution < 1.29 is 19.2 Å². The second kappa shape index (κ2) is 12.6. The standard InChI is InChI=1S/C20H18Cl2N4O5S/c21-14-7-8-17(16(22)12-14)31-10-2-5-19(28)24-25-20(32)23-18(27)9-6-13-3-1-4-15(11-13)26(29)30/h1,3-4,6-9,11-12H,2,5,10H2,(H,24,28)(H2,23,25,27,32)/b9-6+. The predicted molar refractivity (Wildman–Crippen MR) is 125 cm³/mol. The molecule has 0 aliphatic rings. The molecule has 0 atom stereocenters. The lowest BCUT2D eigenvalue weighted by Crippen LogP contribution is -2.48. The third kappa shape index (κ3) is 8.88. The van der Waals surface area contributed by atoms with Crippen LogP contribution in [0.15, 0.2) is 48.5 Å². The fraction of sp³-hybridized carbons (Fsp3) is 0.150. The van der Waals surface area contributed by atoms with E-state index < -0.39 is 10.8 Å². The van der Waals surface area contributed by atoms with Crippen molar-refractivity contribution >= 4 is 64.1 Å². The maximum atomic E-state index is 11.9. The summed E-state index contributed by atoms with van der Waals surface area (Å²) in [5.74, 6) is -0.465. The fourth-order valence-corrected chi connectivity index (χ4v) is 2.91. The first-order chi connectivity index (χ1) is 15.2. The molecule has 12 heteroatoms. The third-order valence-corrected chi connectivity index (χ3v) is 4.49. The van der Waals surface area contributed by atoms with Crippen LogP contribution in [0.4, 0.5) is 5.69 Å². The number of hydrogen-bond acceptors (Lipinski definition) is 6. The number of halogens is 2. The summed E-state index contributed by atoms with van der Waals surface area (Å²) in [5, 5.41) is 13.9. The number of hydrazine groups is 1. The number of nitrogens with one attached hydrogen (secondary N) is 3. The smallest absolute Gasteiger partial charge is 0.270 e. The molecule has 3 N–H and O–H groups in total. The highest BCUT2D eigenvalue weighted by molar-refractivity contribution is 7.80. The van der Waals surface area contributed by atoms with Gasteiger partial charge in [-0.25, -0.2) is 0 Å². The number of amides is 2. The Morgan fingerprint density at radius 2 is 1.94 bits per heavy atom. The first kappa shape index (κ1) is 25.1. The van der Waals surface area contributed by atoms with Gasteiger partial charge < -0.3 is 4.74 Å². The Hall–Kier alpha value is -3.21. The SMILES string of the molecule is O=C(/C=C/c1cccc([N+](=O)[O-])c1)NC(=S)NNC(=O)CCCOc1ccc(Cl)cc1Cl. The van der Waals surface area contributed by atoms with Crippen LogP contribution in [0, 0.1) is 10.1 Å². The number of nitro groups is 1. The molecule has 0 saturated carbocycles. The van der Waals surface area contributed by atoms with Gasteiger partial charge in [-0.2, -0.15) is 0 Å². The van der Waals surface area contributed by atoms with E-state index >= 15 is 0 Å². The zero-order chi connectivity index (χ0) is 23.5. The number of carbonyl (C=O) groups excluding carboxylic acids is 2. The molecule has 0 spiro atoms. The Bertz CT molecular complexity index is 1050. The Labute approximate surface area is 198 Å². The summed E-state index contributed by atoms with van der Waals surface area (Å²) < 4.78 is 5.49. The van der Waals surface area contributed by atoms with Crippen molar-refractivity contribution in [2.45, 2.75) is 12.8 Å². The van der Waals surface area contributed by atoms with Crippen LogP contribution >= 0.6 is 35.4 Å². The van der Waals surface area contributed by atoms with Gasteiger partial charge in [0.05, 0.1) is 16.6 Å². The van der Waals surface area contributed by atoms with Gasteiger partial charge in [-0.05, 0) is 48.5 Å². The zero-order valence-corrected chi connectivity index (χ0v) is 18.8. The maximum Gasteiger partial charge on any atom is 0.270 e. The molecule has 0 radical (unpaired) electrons. The van der Waals surface area contributed by atoms with Gasteiger partial charge in [0, 0.05) is 29.7 Å². The third-order valence-electron chi connectivity index (χ3n) is 3.76. The first-order valence-corrected chi connectivity index (χ1v) is 10.3. The summed E-state index contributed by atoms with van der Waals surface area (Å²) in [5.41, 5.74) is 5.15. The number of ether oxygens (including phenoxy) is 1. The van der Waals surface area contributed by atoms with Crippen LogP contribution in [0.5, 0.6) is 5.75 Å². The van der Waals surface area contributed by atoms with Crippen LogP contribution in [0.1, 0.15) is 18.4 Å². The van der Waals surface area contributed by atoms with E-state index in [-0.39, 0.29) is 29.7 Å². The first-order valence-electron chi connectivity index (χ1n) is 9.15. The predicted octanol–water partition coefficient (Wildman–Crippen LogP) is 3.80. The van der Waals surface area contributed by atoms with Gasteiger partial charge in [-0.15, -0.1) is 0 Å². The molecular weight excluding hydrogens is 479 g/mol. The molecule has 0 unspecified atom stereocenters. The van der Waals surface area contributed by atoms with Crippen molar-refractivity contribution in [1.82, 2.24) is 16.2 Å². The highest BCUT2D eigenvalue weighted by Gasteiger charge is 2.07. The lowest BCUT2D eigenvalue weighted by Gasteiger charge is -2.10. The van der Waals surface area contributed by atoms with E-state index in [1.807, 2.05) is 0 Å². The summed E-state index contributed by atoms with van der Waals surface area (Å²) in [6.07, 6.45) is 3.11. The molecule has 0 aromatic heterocycles. The minimum atomic E-state index is -0.573. The maximum absolute atomic E-state index is 11.9. The van der Waals surface area contributed by atoms with Gasteiger partial charge in [0.25, 0.3) is 5.69 Å². The molecule has 2 aromatic carbocycles. The molecule has 0 bridgehead atoms. The van der Waals surface area contributed by atoms with Crippen molar-refractivity contribution in [3.05, 3.63) is 74.3 Å². The largest absolute Gasteiger partial charge is 0.492 e. The van der Waals surface area contributed by atoms with E-state index in [2.05, 4.69) is 16.2 Å². The number of nitrogens with zero attached hydrogens (tertiary/aromatic N) is 1. The van der Waals surface area contributed by atoms with Crippen molar-refractivity contribution in [2.24, 2.45) is 0 Å². The Kier molecular flexibility index (Phi) is 9.86. The number of benzene rings is 2. The number of non-ortho nitro benzene ring substituents is 1. The normalized spacial score (nSPS) is 10.4. The van der Waals surface area contributed by atoms with Crippen LogP contribution in [-0.2, 0) is 9.59 Å². The van der Waals surface area contributed by atoms with Crippen LogP contribution in [-0.4, -0.2) is 28.5 Å². The van der Waals surface area contributed by atoms with Crippen LogP contribution in [0.2, 0.25) is 10.0 Å². The summed E-state index contributed by atoms with van der Waals surface area (Å²) in [4.78, 5) is 33.9. The lowest BCUT2D eigenvalue weighted by atomic mass is 10.2. The van der Waals surface area contributed by atoms with E-state index in [1.54, 1.807) is 24.3 Å². The Morgan fingerprint density at radius 1 is 1.16 bits per heavy atom. The van der Waals surface area contributed by atoms with Crippen molar-refractivity contribution in [3.63, 3.8) is 0 Å². The summed E-state index contributed by atoms with van der Waals surface area (Å²) in [6, 6.07) is 10.6. The van der Waals surface area contributed by atoms with Crippen LogP contribution in [0.3, 0.4) is 0 Å². The second-order valence-electron chi connectivity index (χ2n) is 6.20. The molecule has 2 rings (SSSR count). The van der Waals surface area contributed by atoms with Crippen LogP contribution in [0.25, 0.3) is 6.08 Å². The average molecular weight is 497 g/mol. The molecule has 0 aliphatic heterocycles. The molecule has 2 amide bonds. The van der Waals surface area contributed by atoms with E-state index in [0.29, 0.717) is 27.8 Å². The highest BCUT2D eigenvalue weighted by Crippen LogP contribution is 2.27. The van der Waals surface area contributed by atoms with Gasteiger partial charge in [0.1, 0.15) is 5.75 Å². The zero-order valence-electron chi connectivity index (χ0n) is 16.5. The van der Waals surface area contributed by atoms with Gasteiger partial charge in [0.15, 0.2) is 5.11 Å². The number of nitro benzene ring substituents is 1. The number of thiocarbonyl (C=S) groups is 1. The molecule has 0 aliphatic carbocycles. The van der Waals surface area contributed by atoms with E-state index in [4.69, 9.17) is 40.2 Å². The fourth-order valence-electron chi connectivity index (χ4n) is 2.29. The van der Waals surface area contributed by atoms with Gasteiger partial charge in [-0.3, -0.25) is 35.9 Å². The molecule has 0 heterocycles. The molecule has 0 fully saturated rings. The molecular formula is C20H18Cl2N4O5S. The molecule has 9 nitrogen and oxygen atoms in total. The highest BCUT2D eigenvalue weighted by atomic mass is 35.5. The Morgan fingerprint density at radius 3 is 2.66 bits per heavy atom. The minimum Gasteiger partial charge on any atom is -0.492 e. The summed E-state index contributed by atoms with van der Waals surface area (Å²) in [6.45, 7) is 0.262. The number of carbonyl (C=O) groups is 2. The van der Waals surface area contributed by atoms with E-state index in [1.165, 1.54) is 24.3 Å². The van der Waals surface area contributed by atoms with Gasteiger partial charge in [-0.1, -0.05) is 35.3 Å². The molecule has 0 saturated heterocycles.